The van der Waals surface area contributed by atoms with Crippen molar-refractivity contribution in [2.75, 3.05) is 16.8 Å². The average Bonchev–Trinajstić information content (AvgIpc) is 2.58. The van der Waals surface area contributed by atoms with Crippen molar-refractivity contribution >= 4 is 23.2 Å². The number of alkyl halides is 3. The molecule has 0 aliphatic rings. The van der Waals surface area contributed by atoms with E-state index in [2.05, 4.69) is 5.32 Å². The van der Waals surface area contributed by atoms with Crippen LogP contribution < -0.4 is 10.2 Å². The van der Waals surface area contributed by atoms with Crippen LogP contribution in [0.25, 0.3) is 0 Å². The van der Waals surface area contributed by atoms with Gasteiger partial charge in [0.05, 0.1) is 5.56 Å². The number of nitrogens with one attached hydrogen (secondary N) is 1. The number of amides is 2. The van der Waals surface area contributed by atoms with E-state index in [-0.39, 0.29) is 24.6 Å². The Morgan fingerprint density at radius 1 is 1.07 bits per heavy atom. The van der Waals surface area contributed by atoms with Crippen LogP contribution in [0.2, 0.25) is 0 Å². The highest BCUT2D eigenvalue weighted by Gasteiger charge is 2.31. The minimum Gasteiger partial charge on any atom is -0.326 e. The first-order valence-corrected chi connectivity index (χ1v) is 8.41. The molecule has 0 atom stereocenters. The summed E-state index contributed by atoms with van der Waals surface area (Å²) in [6, 6.07) is 10.0. The van der Waals surface area contributed by atoms with Gasteiger partial charge in [-0.15, -0.1) is 0 Å². The number of carbonyl (C=O) groups excluding carboxylic acids is 2. The molecule has 0 saturated carbocycles. The monoisotopic (exact) mass is 378 g/mol. The van der Waals surface area contributed by atoms with Gasteiger partial charge in [-0.2, -0.15) is 13.2 Å². The van der Waals surface area contributed by atoms with Gasteiger partial charge in [-0.05, 0) is 49.2 Å². The predicted molar refractivity (Wildman–Crippen MR) is 98.6 cm³/mol. The van der Waals surface area contributed by atoms with Crippen LogP contribution in [0.4, 0.5) is 24.5 Å². The van der Waals surface area contributed by atoms with Crippen molar-refractivity contribution < 1.29 is 22.8 Å². The Balaban J connectivity index is 2.10. The van der Waals surface area contributed by atoms with Gasteiger partial charge in [-0.25, -0.2) is 0 Å². The number of rotatable bonds is 5. The smallest absolute Gasteiger partial charge is 0.326 e. The van der Waals surface area contributed by atoms with Gasteiger partial charge in [0.2, 0.25) is 11.8 Å². The van der Waals surface area contributed by atoms with E-state index in [0.717, 1.165) is 28.2 Å². The van der Waals surface area contributed by atoms with Crippen molar-refractivity contribution in [1.29, 1.82) is 0 Å². The average molecular weight is 378 g/mol. The van der Waals surface area contributed by atoms with E-state index in [0.29, 0.717) is 5.69 Å². The molecule has 0 spiro atoms. The lowest BCUT2D eigenvalue weighted by atomic mass is 10.1. The molecule has 0 bridgehead atoms. The van der Waals surface area contributed by atoms with E-state index in [4.69, 9.17) is 0 Å². The van der Waals surface area contributed by atoms with Crippen molar-refractivity contribution in [2.45, 2.75) is 33.4 Å². The third-order valence-corrected chi connectivity index (χ3v) is 4.31. The molecule has 2 aromatic carbocycles. The summed E-state index contributed by atoms with van der Waals surface area (Å²) in [7, 11) is 0. The fourth-order valence-corrected chi connectivity index (χ4v) is 2.63. The van der Waals surface area contributed by atoms with Crippen molar-refractivity contribution in [2.24, 2.45) is 0 Å². The molecule has 0 radical (unpaired) electrons. The van der Waals surface area contributed by atoms with Gasteiger partial charge in [0.15, 0.2) is 0 Å². The predicted octanol–water partition coefficient (Wildman–Crippen LogP) is 4.70. The standard InChI is InChI=1S/C20H21F3N2O2/c1-13-6-4-9-18(14(13)2)24-19(27)10-11-25(15(3)26)17-8-5-7-16(12-17)20(21,22)23/h4-9,12H,10-11H2,1-3H3,(H,24,27). The highest BCUT2D eigenvalue weighted by Crippen LogP contribution is 2.31. The fraction of sp³-hybridized carbons (Fsp3) is 0.300. The molecule has 0 aliphatic heterocycles. The lowest BCUT2D eigenvalue weighted by Crippen LogP contribution is -2.32. The van der Waals surface area contributed by atoms with Gasteiger partial charge in [-0.3, -0.25) is 9.59 Å². The summed E-state index contributed by atoms with van der Waals surface area (Å²) in [6.07, 6.45) is -4.54. The molecule has 144 valence electrons. The molecule has 0 aromatic heterocycles. The molecule has 1 N–H and O–H groups in total. The molecule has 0 unspecified atom stereocenters. The number of nitrogens with zero attached hydrogens (tertiary/aromatic N) is 1. The number of halogens is 3. The molecule has 0 saturated heterocycles. The summed E-state index contributed by atoms with van der Waals surface area (Å²) in [5.41, 5.74) is 1.91. The van der Waals surface area contributed by atoms with Crippen molar-refractivity contribution in [3.05, 3.63) is 59.2 Å². The molecule has 2 rings (SSSR count). The lowest BCUT2D eigenvalue weighted by Gasteiger charge is -2.22. The third-order valence-electron chi connectivity index (χ3n) is 4.31. The maximum absolute atomic E-state index is 12.9. The van der Waals surface area contributed by atoms with E-state index in [1.54, 1.807) is 6.07 Å². The van der Waals surface area contributed by atoms with Crippen LogP contribution in [0.15, 0.2) is 42.5 Å². The normalized spacial score (nSPS) is 11.2. The molecule has 0 heterocycles. The molecule has 2 amide bonds. The number of hydrogen-bond donors (Lipinski definition) is 1. The first-order valence-electron chi connectivity index (χ1n) is 8.41. The summed E-state index contributed by atoms with van der Waals surface area (Å²) in [5, 5.41) is 2.78. The Kier molecular flexibility index (Phi) is 6.25. The zero-order valence-corrected chi connectivity index (χ0v) is 15.4. The van der Waals surface area contributed by atoms with Crippen LogP contribution in [0.3, 0.4) is 0 Å². The quantitative estimate of drug-likeness (QED) is 0.820. The summed E-state index contributed by atoms with van der Waals surface area (Å²) in [5.74, 6) is -0.754. The van der Waals surface area contributed by atoms with E-state index < -0.39 is 17.6 Å². The summed E-state index contributed by atoms with van der Waals surface area (Å²) in [4.78, 5) is 25.3. The number of hydrogen-bond acceptors (Lipinski definition) is 2. The van der Waals surface area contributed by atoms with Crippen LogP contribution in [0.5, 0.6) is 0 Å². The lowest BCUT2D eigenvalue weighted by molar-refractivity contribution is -0.137. The maximum Gasteiger partial charge on any atom is 0.416 e. The van der Waals surface area contributed by atoms with Crippen LogP contribution in [0, 0.1) is 13.8 Å². The number of anilines is 2. The Labute approximate surface area is 156 Å². The van der Waals surface area contributed by atoms with Crippen LogP contribution >= 0.6 is 0 Å². The first-order chi connectivity index (χ1) is 12.6. The molecule has 27 heavy (non-hydrogen) atoms. The molecule has 2 aromatic rings. The van der Waals surface area contributed by atoms with Crippen molar-refractivity contribution in [1.82, 2.24) is 0 Å². The Morgan fingerprint density at radius 3 is 2.37 bits per heavy atom. The SMILES string of the molecule is CC(=O)N(CCC(=O)Nc1cccc(C)c1C)c1cccc(C(F)(F)F)c1. The summed E-state index contributed by atoms with van der Waals surface area (Å²) in [6.45, 7) is 5.04. The molecule has 0 aliphatic carbocycles. The maximum atomic E-state index is 12.9. The van der Waals surface area contributed by atoms with Gasteiger partial charge in [0, 0.05) is 31.3 Å². The fourth-order valence-electron chi connectivity index (χ4n) is 2.63. The van der Waals surface area contributed by atoms with Crippen molar-refractivity contribution in [3.63, 3.8) is 0 Å². The van der Waals surface area contributed by atoms with Gasteiger partial charge < -0.3 is 10.2 Å². The van der Waals surface area contributed by atoms with Crippen LogP contribution in [0.1, 0.15) is 30.0 Å². The van der Waals surface area contributed by atoms with Gasteiger partial charge in [0.1, 0.15) is 0 Å². The zero-order chi connectivity index (χ0) is 20.2. The van der Waals surface area contributed by atoms with Crippen LogP contribution in [-0.2, 0) is 15.8 Å². The molecular weight excluding hydrogens is 357 g/mol. The van der Waals surface area contributed by atoms with Crippen molar-refractivity contribution in [3.8, 4) is 0 Å². The second-order valence-corrected chi connectivity index (χ2v) is 6.26. The second kappa shape index (κ2) is 8.24. The molecule has 7 heteroatoms. The first kappa shape index (κ1) is 20.5. The highest BCUT2D eigenvalue weighted by molar-refractivity contribution is 5.95. The van der Waals surface area contributed by atoms with E-state index in [1.165, 1.54) is 19.1 Å². The third kappa shape index (κ3) is 5.32. The Bertz CT molecular complexity index is 847. The highest BCUT2D eigenvalue weighted by atomic mass is 19.4. The van der Waals surface area contributed by atoms with Gasteiger partial charge in [-0.1, -0.05) is 18.2 Å². The minimum absolute atomic E-state index is 0.0205. The molecular formula is C20H21F3N2O2. The number of aryl methyl sites for hydroxylation is 1. The van der Waals surface area contributed by atoms with Gasteiger partial charge >= 0.3 is 6.18 Å². The zero-order valence-electron chi connectivity index (χ0n) is 15.4. The summed E-state index contributed by atoms with van der Waals surface area (Å²) < 4.78 is 38.7. The van der Waals surface area contributed by atoms with Gasteiger partial charge in [0.25, 0.3) is 0 Å². The Morgan fingerprint density at radius 2 is 1.74 bits per heavy atom. The summed E-state index contributed by atoms with van der Waals surface area (Å²) >= 11 is 0. The minimum atomic E-state index is -4.50. The topological polar surface area (TPSA) is 49.4 Å². The van der Waals surface area contributed by atoms with E-state index in [1.807, 2.05) is 26.0 Å². The second-order valence-electron chi connectivity index (χ2n) is 6.26. The largest absolute Gasteiger partial charge is 0.416 e. The number of benzene rings is 2. The number of carbonyl (C=O) groups is 2. The van der Waals surface area contributed by atoms with E-state index >= 15 is 0 Å². The van der Waals surface area contributed by atoms with Crippen LogP contribution in [-0.4, -0.2) is 18.4 Å². The molecule has 0 fully saturated rings. The van der Waals surface area contributed by atoms with E-state index in [9.17, 15) is 22.8 Å². The Hall–Kier alpha value is -2.83. The molecule has 4 nitrogen and oxygen atoms in total.